The van der Waals surface area contributed by atoms with Gasteiger partial charge in [-0.3, -0.25) is 0 Å². The molecule has 0 spiro atoms. The van der Waals surface area contributed by atoms with Crippen LogP contribution in [0.2, 0.25) is 0 Å². The summed E-state index contributed by atoms with van der Waals surface area (Å²) >= 11 is 0. The van der Waals surface area contributed by atoms with E-state index in [2.05, 4.69) is 168 Å². The van der Waals surface area contributed by atoms with Crippen molar-refractivity contribution in [3.8, 4) is 11.5 Å². The van der Waals surface area contributed by atoms with Crippen molar-refractivity contribution in [2.45, 2.75) is 66.2 Å². The van der Waals surface area contributed by atoms with Crippen LogP contribution < -0.4 is 30.9 Å². The van der Waals surface area contributed by atoms with Gasteiger partial charge in [-0.15, -0.1) is 0 Å². The van der Waals surface area contributed by atoms with Gasteiger partial charge in [0.15, 0.2) is 11.5 Å². The van der Waals surface area contributed by atoms with Gasteiger partial charge >= 0.3 is 0 Å². The highest BCUT2D eigenvalue weighted by molar-refractivity contribution is 7.00. The van der Waals surface area contributed by atoms with Crippen molar-refractivity contribution in [3.63, 3.8) is 0 Å². The Bertz CT molecular complexity index is 2400. The number of ether oxygens (including phenoxy) is 1. The molecule has 4 aliphatic rings. The second kappa shape index (κ2) is 9.72. The maximum atomic E-state index is 6.77. The van der Waals surface area contributed by atoms with Gasteiger partial charge in [-0.05, 0) is 138 Å². The SMILES string of the molecule is Cc1cc(C)cc(N(c2cc(C)cc(C)c2)c2cc3c4c(c2)C(C)(C)c2cccc5c2B4c2c(ccc4c2N3c2ccccc2O4)C5(C)C)c1. The molecule has 10 rings (SSSR count). The Labute approximate surface area is 296 Å². The van der Waals surface area contributed by atoms with Crippen LogP contribution in [0.5, 0.6) is 11.5 Å². The molecule has 244 valence electrons. The number of hydrogen-bond donors (Lipinski definition) is 0. The summed E-state index contributed by atoms with van der Waals surface area (Å²) in [5, 5.41) is 0. The molecular weight excluding hydrogens is 607 g/mol. The Morgan fingerprint density at radius 1 is 0.500 bits per heavy atom. The van der Waals surface area contributed by atoms with Gasteiger partial charge in [-0.2, -0.15) is 0 Å². The van der Waals surface area contributed by atoms with E-state index in [1.54, 1.807) is 0 Å². The molecule has 6 aromatic rings. The summed E-state index contributed by atoms with van der Waals surface area (Å²) in [6.45, 7) is 18.6. The number of para-hydroxylation sites is 2. The summed E-state index contributed by atoms with van der Waals surface area (Å²) in [5.74, 6) is 1.83. The molecule has 0 amide bonds. The lowest BCUT2D eigenvalue weighted by molar-refractivity contribution is 0.476. The normalized spacial score (nSPS) is 16.0. The van der Waals surface area contributed by atoms with Crippen LogP contribution in [0.4, 0.5) is 34.1 Å². The quantitative estimate of drug-likeness (QED) is 0.177. The zero-order chi connectivity index (χ0) is 34.4. The van der Waals surface area contributed by atoms with Crippen LogP contribution in [0, 0.1) is 27.7 Å². The number of anilines is 6. The summed E-state index contributed by atoms with van der Waals surface area (Å²) in [7, 11) is 0. The van der Waals surface area contributed by atoms with E-state index < -0.39 is 0 Å². The lowest BCUT2D eigenvalue weighted by atomic mass is 9.26. The van der Waals surface area contributed by atoms with Crippen LogP contribution >= 0.6 is 0 Å². The van der Waals surface area contributed by atoms with Crippen molar-refractivity contribution >= 4 is 57.2 Å². The van der Waals surface area contributed by atoms with E-state index in [0.717, 1.165) is 17.2 Å². The third-order valence-electron chi connectivity index (χ3n) is 12.0. The molecular formula is C46H41BN2O. The van der Waals surface area contributed by atoms with Gasteiger partial charge < -0.3 is 14.5 Å². The standard InChI is InChI=1S/C46H41BN2O/c1-26-18-27(2)21-30(20-26)48(31-22-28(3)19-29(4)23-31)32-24-36-42-38(25-32)49-37-14-9-10-15-39(37)50-40-17-16-35-43(44(40)49)47(42)41-33(45(35,5)6)12-11-13-34(41)46(36,7)8/h9-25H,1-8H3. The summed E-state index contributed by atoms with van der Waals surface area (Å²) in [4.78, 5) is 5.03. The van der Waals surface area contributed by atoms with Gasteiger partial charge in [0.2, 0.25) is 6.71 Å². The molecule has 4 heterocycles. The van der Waals surface area contributed by atoms with E-state index in [1.165, 1.54) is 89.3 Å². The molecule has 0 N–H and O–H groups in total. The highest BCUT2D eigenvalue weighted by atomic mass is 16.5. The highest BCUT2D eigenvalue weighted by Crippen LogP contribution is 2.56. The molecule has 3 nitrogen and oxygen atoms in total. The van der Waals surface area contributed by atoms with E-state index in [9.17, 15) is 0 Å². The van der Waals surface area contributed by atoms with E-state index in [-0.39, 0.29) is 17.5 Å². The van der Waals surface area contributed by atoms with Gasteiger partial charge in [0.05, 0.1) is 11.4 Å². The minimum absolute atomic E-state index is 0.132. The van der Waals surface area contributed by atoms with Gasteiger partial charge in [0, 0.05) is 33.6 Å². The Kier molecular flexibility index (Phi) is 5.77. The largest absolute Gasteiger partial charge is 0.453 e. The van der Waals surface area contributed by atoms with Crippen LogP contribution in [0.15, 0.2) is 103 Å². The number of aryl methyl sites for hydroxylation is 4. The van der Waals surface area contributed by atoms with Gasteiger partial charge in [0.25, 0.3) is 0 Å². The maximum absolute atomic E-state index is 6.77. The number of fused-ring (bicyclic) bond motifs is 3. The molecule has 0 saturated carbocycles. The fraction of sp³-hybridized carbons (Fsp3) is 0.217. The fourth-order valence-electron chi connectivity index (χ4n) is 10.0. The average molecular weight is 649 g/mol. The molecule has 4 heteroatoms. The number of benzene rings is 6. The monoisotopic (exact) mass is 648 g/mol. The number of rotatable bonds is 3. The van der Waals surface area contributed by atoms with E-state index in [1.807, 2.05) is 0 Å². The molecule has 0 fully saturated rings. The second-order valence-corrected chi connectivity index (χ2v) is 16.2. The van der Waals surface area contributed by atoms with Crippen LogP contribution in [0.3, 0.4) is 0 Å². The predicted molar refractivity (Wildman–Crippen MR) is 210 cm³/mol. The first kappa shape index (κ1) is 29.7. The number of nitrogens with zero attached hydrogens (tertiary/aromatic N) is 2. The van der Waals surface area contributed by atoms with Gasteiger partial charge in [-0.25, -0.2) is 0 Å². The molecule has 0 radical (unpaired) electrons. The molecule has 50 heavy (non-hydrogen) atoms. The average Bonchev–Trinajstić information content (AvgIpc) is 3.06. The first-order valence-corrected chi connectivity index (χ1v) is 18.0. The van der Waals surface area contributed by atoms with Crippen LogP contribution in [-0.4, -0.2) is 6.71 Å². The van der Waals surface area contributed by atoms with Crippen molar-refractivity contribution in [2.24, 2.45) is 0 Å². The predicted octanol–water partition coefficient (Wildman–Crippen LogP) is 10.1. The smallest absolute Gasteiger partial charge is 0.248 e. The first-order chi connectivity index (χ1) is 23.9. The van der Waals surface area contributed by atoms with E-state index >= 15 is 0 Å². The fourth-order valence-corrected chi connectivity index (χ4v) is 10.0. The zero-order valence-electron chi connectivity index (χ0n) is 30.2. The molecule has 0 atom stereocenters. The summed E-state index contributed by atoms with van der Waals surface area (Å²) in [6, 6.07) is 39.0. The van der Waals surface area contributed by atoms with Crippen molar-refractivity contribution in [1.29, 1.82) is 0 Å². The molecule has 0 unspecified atom stereocenters. The van der Waals surface area contributed by atoms with Crippen LogP contribution in [-0.2, 0) is 10.8 Å². The van der Waals surface area contributed by atoms with Gasteiger partial charge in [0.1, 0.15) is 0 Å². The highest BCUT2D eigenvalue weighted by Gasteiger charge is 2.54. The second-order valence-electron chi connectivity index (χ2n) is 16.2. The summed E-state index contributed by atoms with van der Waals surface area (Å²) < 4.78 is 6.77. The number of hydrogen-bond acceptors (Lipinski definition) is 3. The van der Waals surface area contributed by atoms with Gasteiger partial charge in [-0.1, -0.05) is 81.7 Å². The molecule has 0 aliphatic carbocycles. The molecule has 6 aromatic carbocycles. The van der Waals surface area contributed by atoms with Crippen molar-refractivity contribution in [3.05, 3.63) is 148 Å². The van der Waals surface area contributed by atoms with Crippen LogP contribution in [0.25, 0.3) is 0 Å². The Morgan fingerprint density at radius 3 is 1.70 bits per heavy atom. The lowest BCUT2D eigenvalue weighted by Crippen LogP contribution is -2.69. The van der Waals surface area contributed by atoms with E-state index in [4.69, 9.17) is 4.74 Å². The first-order valence-electron chi connectivity index (χ1n) is 18.0. The molecule has 0 saturated heterocycles. The maximum Gasteiger partial charge on any atom is 0.248 e. The molecule has 0 aromatic heterocycles. The topological polar surface area (TPSA) is 15.7 Å². The van der Waals surface area contributed by atoms with Crippen LogP contribution in [0.1, 0.15) is 72.2 Å². The van der Waals surface area contributed by atoms with E-state index in [0.29, 0.717) is 0 Å². The Morgan fingerprint density at radius 2 is 1.06 bits per heavy atom. The minimum atomic E-state index is -0.229. The van der Waals surface area contributed by atoms with Crippen molar-refractivity contribution in [1.82, 2.24) is 0 Å². The lowest BCUT2D eigenvalue weighted by Gasteiger charge is -2.52. The Balaban J connectivity index is 1.36. The summed E-state index contributed by atoms with van der Waals surface area (Å²) in [6.07, 6.45) is 0. The summed E-state index contributed by atoms with van der Waals surface area (Å²) in [5.41, 5.74) is 21.7. The Hall–Kier alpha value is -5.22. The zero-order valence-corrected chi connectivity index (χ0v) is 30.2. The van der Waals surface area contributed by atoms with Crippen molar-refractivity contribution < 1.29 is 4.74 Å². The molecule has 0 bridgehead atoms. The molecule has 4 aliphatic heterocycles. The van der Waals surface area contributed by atoms with Crippen molar-refractivity contribution in [2.75, 3.05) is 9.80 Å². The third kappa shape index (κ3) is 3.77. The third-order valence-corrected chi connectivity index (χ3v) is 12.0. The minimum Gasteiger partial charge on any atom is -0.453 e.